The molecule has 0 radical (unpaired) electrons. The van der Waals surface area contributed by atoms with Gasteiger partial charge in [0.15, 0.2) is 0 Å². The van der Waals surface area contributed by atoms with Gasteiger partial charge in [0, 0.05) is 0 Å². The third-order valence-electron chi connectivity index (χ3n) is 3.04. The molecule has 0 spiro atoms. The van der Waals surface area contributed by atoms with Crippen molar-refractivity contribution in [3.05, 3.63) is 53.6 Å². The van der Waals surface area contributed by atoms with Gasteiger partial charge < -0.3 is 9.30 Å². The Hall–Kier alpha value is -2.10. The van der Waals surface area contributed by atoms with Gasteiger partial charge >= 0.3 is 5.97 Å². The van der Waals surface area contributed by atoms with Gasteiger partial charge in [0.05, 0.1) is 25.7 Å². The molecule has 0 saturated heterocycles. The van der Waals surface area contributed by atoms with Crippen LogP contribution in [0, 0.1) is 6.92 Å². The summed E-state index contributed by atoms with van der Waals surface area (Å²) in [6.07, 6.45) is 3.17. The molecule has 2 aromatic rings. The summed E-state index contributed by atoms with van der Waals surface area (Å²) in [5.74, 6) is -0.369. The van der Waals surface area contributed by atoms with Crippen LogP contribution >= 0.6 is 0 Å². The van der Waals surface area contributed by atoms with E-state index in [1.165, 1.54) is 18.9 Å². The molecule has 0 bridgehead atoms. The monoisotopic (exact) mass is 244 g/mol. The van der Waals surface area contributed by atoms with Crippen LogP contribution in [-0.4, -0.2) is 22.6 Å². The molecule has 1 atom stereocenters. The SMILES string of the molecule is COC(=O)c1cncn1[C@H](C)c1ccc(C)cc1. The molecule has 0 fully saturated rings. The number of nitrogens with zero attached hydrogens (tertiary/aromatic N) is 2. The van der Waals surface area contributed by atoms with E-state index in [2.05, 4.69) is 29.2 Å². The summed E-state index contributed by atoms with van der Waals surface area (Å²) in [5.41, 5.74) is 2.80. The number of esters is 1. The van der Waals surface area contributed by atoms with Crippen LogP contribution in [0.25, 0.3) is 0 Å². The van der Waals surface area contributed by atoms with Crippen LogP contribution in [0.1, 0.15) is 34.6 Å². The molecule has 94 valence electrons. The first-order chi connectivity index (χ1) is 8.63. The van der Waals surface area contributed by atoms with E-state index in [0.717, 1.165) is 5.56 Å². The van der Waals surface area contributed by atoms with Crippen LogP contribution in [-0.2, 0) is 4.74 Å². The number of hydrogen-bond acceptors (Lipinski definition) is 3. The quantitative estimate of drug-likeness (QED) is 0.779. The topological polar surface area (TPSA) is 44.1 Å². The smallest absolute Gasteiger partial charge is 0.356 e. The summed E-state index contributed by atoms with van der Waals surface area (Å²) in [4.78, 5) is 15.6. The molecule has 0 aliphatic heterocycles. The second kappa shape index (κ2) is 5.04. The Balaban J connectivity index is 2.34. The van der Waals surface area contributed by atoms with Gasteiger partial charge in [0.25, 0.3) is 0 Å². The van der Waals surface area contributed by atoms with Crippen molar-refractivity contribution in [2.45, 2.75) is 19.9 Å². The van der Waals surface area contributed by atoms with Crippen molar-refractivity contribution < 1.29 is 9.53 Å². The Labute approximate surface area is 106 Å². The standard InChI is InChI=1S/C14H16N2O2/c1-10-4-6-12(7-5-10)11(2)16-9-15-8-13(16)14(17)18-3/h4-9,11H,1-3H3/t11-/m1/s1. The molecule has 18 heavy (non-hydrogen) atoms. The van der Waals surface area contributed by atoms with Crippen LogP contribution in [0.4, 0.5) is 0 Å². The summed E-state index contributed by atoms with van der Waals surface area (Å²) in [5, 5.41) is 0. The highest BCUT2D eigenvalue weighted by Gasteiger charge is 2.17. The first-order valence-corrected chi connectivity index (χ1v) is 5.80. The summed E-state index contributed by atoms with van der Waals surface area (Å²) in [7, 11) is 1.37. The molecule has 0 aliphatic carbocycles. The van der Waals surface area contributed by atoms with E-state index in [4.69, 9.17) is 4.74 Å². The Bertz CT molecular complexity index is 543. The van der Waals surface area contributed by atoms with Crippen molar-refractivity contribution in [3.63, 3.8) is 0 Å². The van der Waals surface area contributed by atoms with Gasteiger partial charge in [-0.3, -0.25) is 0 Å². The predicted molar refractivity (Wildman–Crippen MR) is 68.6 cm³/mol. The zero-order valence-corrected chi connectivity index (χ0v) is 10.8. The zero-order chi connectivity index (χ0) is 13.1. The van der Waals surface area contributed by atoms with E-state index >= 15 is 0 Å². The van der Waals surface area contributed by atoms with Crippen LogP contribution in [0.3, 0.4) is 0 Å². The Morgan fingerprint density at radius 3 is 2.61 bits per heavy atom. The minimum Gasteiger partial charge on any atom is -0.464 e. The van der Waals surface area contributed by atoms with Gasteiger partial charge in [-0.1, -0.05) is 29.8 Å². The average Bonchev–Trinajstić information content (AvgIpc) is 2.87. The fraction of sp³-hybridized carbons (Fsp3) is 0.286. The van der Waals surface area contributed by atoms with Gasteiger partial charge in [0.1, 0.15) is 5.69 Å². The average molecular weight is 244 g/mol. The van der Waals surface area contributed by atoms with Crippen LogP contribution in [0.2, 0.25) is 0 Å². The normalized spacial score (nSPS) is 12.2. The zero-order valence-electron chi connectivity index (χ0n) is 10.8. The maximum absolute atomic E-state index is 11.6. The molecule has 4 nitrogen and oxygen atoms in total. The van der Waals surface area contributed by atoms with Crippen molar-refractivity contribution in [3.8, 4) is 0 Å². The molecular weight excluding hydrogens is 228 g/mol. The molecule has 2 rings (SSSR count). The molecular formula is C14H16N2O2. The van der Waals surface area contributed by atoms with E-state index in [-0.39, 0.29) is 12.0 Å². The fourth-order valence-electron chi connectivity index (χ4n) is 1.88. The third-order valence-corrected chi connectivity index (χ3v) is 3.04. The third kappa shape index (κ3) is 2.27. The maximum atomic E-state index is 11.6. The highest BCUT2D eigenvalue weighted by Crippen LogP contribution is 2.20. The Kier molecular flexibility index (Phi) is 3.46. The van der Waals surface area contributed by atoms with Gasteiger partial charge in [-0.25, -0.2) is 9.78 Å². The number of aromatic nitrogens is 2. The van der Waals surface area contributed by atoms with Crippen molar-refractivity contribution >= 4 is 5.97 Å². The highest BCUT2D eigenvalue weighted by atomic mass is 16.5. The van der Waals surface area contributed by atoms with Crippen LogP contribution in [0.15, 0.2) is 36.8 Å². The molecule has 4 heteroatoms. The summed E-state index contributed by atoms with van der Waals surface area (Å²) in [6, 6.07) is 8.27. The van der Waals surface area contributed by atoms with E-state index in [0.29, 0.717) is 5.69 Å². The molecule has 1 aromatic carbocycles. The van der Waals surface area contributed by atoms with Gasteiger partial charge in [-0.2, -0.15) is 0 Å². The number of carbonyl (C=O) groups excluding carboxylic acids is 1. The van der Waals surface area contributed by atoms with Gasteiger partial charge in [0.2, 0.25) is 0 Å². The number of hydrogen-bond donors (Lipinski definition) is 0. The second-order valence-corrected chi connectivity index (χ2v) is 4.26. The largest absolute Gasteiger partial charge is 0.464 e. The summed E-state index contributed by atoms with van der Waals surface area (Å²) in [6.45, 7) is 4.07. The van der Waals surface area contributed by atoms with Gasteiger partial charge in [-0.05, 0) is 19.4 Å². The lowest BCUT2D eigenvalue weighted by Crippen LogP contribution is -2.14. The lowest BCUT2D eigenvalue weighted by atomic mass is 10.1. The van der Waals surface area contributed by atoms with E-state index < -0.39 is 0 Å². The molecule has 0 amide bonds. The molecule has 0 N–H and O–H groups in total. The van der Waals surface area contributed by atoms with Crippen molar-refractivity contribution in [2.75, 3.05) is 7.11 Å². The van der Waals surface area contributed by atoms with E-state index in [1.54, 1.807) is 6.33 Å². The molecule has 0 unspecified atom stereocenters. The predicted octanol–water partition coefficient (Wildman–Crippen LogP) is 2.59. The fourth-order valence-corrected chi connectivity index (χ4v) is 1.88. The Morgan fingerprint density at radius 1 is 1.33 bits per heavy atom. The molecule has 0 aliphatic rings. The highest BCUT2D eigenvalue weighted by molar-refractivity contribution is 5.87. The van der Waals surface area contributed by atoms with E-state index in [1.807, 2.05) is 18.4 Å². The lowest BCUT2D eigenvalue weighted by Gasteiger charge is -2.16. The number of aryl methyl sites for hydroxylation is 1. The van der Waals surface area contributed by atoms with Crippen molar-refractivity contribution in [1.29, 1.82) is 0 Å². The first kappa shape index (κ1) is 12.4. The Morgan fingerprint density at radius 2 is 2.00 bits per heavy atom. The molecule has 1 heterocycles. The second-order valence-electron chi connectivity index (χ2n) is 4.26. The summed E-state index contributed by atoms with van der Waals surface area (Å²) < 4.78 is 6.56. The minimum absolute atomic E-state index is 0.0437. The number of imidazole rings is 1. The number of ether oxygens (including phenoxy) is 1. The van der Waals surface area contributed by atoms with Crippen LogP contribution in [0.5, 0.6) is 0 Å². The number of benzene rings is 1. The van der Waals surface area contributed by atoms with Crippen LogP contribution < -0.4 is 0 Å². The first-order valence-electron chi connectivity index (χ1n) is 5.80. The lowest BCUT2D eigenvalue weighted by molar-refractivity contribution is 0.0587. The number of rotatable bonds is 3. The van der Waals surface area contributed by atoms with Crippen molar-refractivity contribution in [1.82, 2.24) is 9.55 Å². The summed E-state index contributed by atoms with van der Waals surface area (Å²) >= 11 is 0. The van der Waals surface area contributed by atoms with E-state index in [9.17, 15) is 4.79 Å². The van der Waals surface area contributed by atoms with Gasteiger partial charge in [-0.15, -0.1) is 0 Å². The minimum atomic E-state index is -0.369. The van der Waals surface area contributed by atoms with Crippen molar-refractivity contribution in [2.24, 2.45) is 0 Å². The molecule has 1 aromatic heterocycles. The number of methoxy groups -OCH3 is 1. The maximum Gasteiger partial charge on any atom is 0.356 e. The molecule has 0 saturated carbocycles. The number of carbonyl (C=O) groups is 1.